The molecule has 0 spiro atoms. The number of hydrogen-bond donors (Lipinski definition) is 1. The van der Waals surface area contributed by atoms with Gasteiger partial charge in [-0.2, -0.15) is 4.73 Å². The minimum absolute atomic E-state index is 0.0339. The van der Waals surface area contributed by atoms with Gasteiger partial charge in [0, 0.05) is 36.8 Å². The first-order valence-corrected chi connectivity index (χ1v) is 8.17. The number of nitrogens with one attached hydrogen (secondary N) is 1. The highest BCUT2D eigenvalue weighted by atomic mass is 16.6. The number of aromatic amines is 1. The highest BCUT2D eigenvalue weighted by Crippen LogP contribution is 2.35. The lowest BCUT2D eigenvalue weighted by atomic mass is 9.90. The number of hydrogen-bond acceptors (Lipinski definition) is 5. The molecule has 3 aromatic heterocycles. The number of aromatic nitrogens is 3. The van der Waals surface area contributed by atoms with Crippen molar-refractivity contribution in [1.29, 1.82) is 0 Å². The van der Waals surface area contributed by atoms with Crippen molar-refractivity contribution in [3.63, 3.8) is 0 Å². The van der Waals surface area contributed by atoms with Crippen LogP contribution in [0.1, 0.15) is 24.3 Å². The summed E-state index contributed by atoms with van der Waals surface area (Å²) in [7, 11) is 0. The van der Waals surface area contributed by atoms with E-state index in [1.54, 1.807) is 6.20 Å². The molecule has 1 aliphatic rings. The molecule has 3 aromatic rings. The normalized spacial score (nSPS) is 17.8. The fraction of sp³-hybridized carbons (Fsp3) is 0.294. The van der Waals surface area contributed by atoms with Crippen molar-refractivity contribution in [2.75, 3.05) is 18.0 Å². The van der Waals surface area contributed by atoms with Gasteiger partial charge in [-0.25, -0.2) is 4.98 Å². The third kappa shape index (κ3) is 2.75. The quantitative estimate of drug-likeness (QED) is 0.342. The molecule has 0 bridgehead atoms. The van der Waals surface area contributed by atoms with Crippen molar-refractivity contribution in [3.8, 4) is 0 Å². The second-order valence-corrected chi connectivity index (χ2v) is 6.26. The molecule has 4 heterocycles. The first-order valence-electron chi connectivity index (χ1n) is 8.17. The minimum atomic E-state index is -0.436. The van der Waals surface area contributed by atoms with E-state index < -0.39 is 4.92 Å². The average molecular weight is 339 g/mol. The zero-order valence-electron chi connectivity index (χ0n) is 13.5. The van der Waals surface area contributed by atoms with Gasteiger partial charge in [0.05, 0.1) is 11.0 Å². The van der Waals surface area contributed by atoms with E-state index in [1.165, 1.54) is 17.8 Å². The highest BCUT2D eigenvalue weighted by molar-refractivity contribution is 5.80. The first kappa shape index (κ1) is 15.4. The summed E-state index contributed by atoms with van der Waals surface area (Å²) in [5.41, 5.74) is 2.36. The van der Waals surface area contributed by atoms with Crippen LogP contribution in [0.4, 0.5) is 11.4 Å². The zero-order valence-corrected chi connectivity index (χ0v) is 13.5. The molecule has 8 nitrogen and oxygen atoms in total. The number of rotatable bonds is 3. The molecule has 8 heteroatoms. The van der Waals surface area contributed by atoms with Gasteiger partial charge in [0.15, 0.2) is 11.9 Å². The summed E-state index contributed by atoms with van der Waals surface area (Å²) in [6.45, 7) is 1.33. The highest BCUT2D eigenvalue weighted by Gasteiger charge is 2.29. The van der Waals surface area contributed by atoms with E-state index in [4.69, 9.17) is 0 Å². The monoisotopic (exact) mass is 339 g/mol. The predicted molar refractivity (Wildman–Crippen MR) is 92.3 cm³/mol. The number of piperidine rings is 1. The smallest absolute Gasteiger partial charge is 0.304 e. The molecule has 0 saturated carbocycles. The van der Waals surface area contributed by atoms with Gasteiger partial charge in [0.1, 0.15) is 5.65 Å². The summed E-state index contributed by atoms with van der Waals surface area (Å²) < 4.78 is 0.613. The van der Waals surface area contributed by atoms with Crippen LogP contribution in [0.2, 0.25) is 0 Å². The summed E-state index contributed by atoms with van der Waals surface area (Å²) in [4.78, 5) is 20.3. The molecule has 0 amide bonds. The average Bonchev–Trinajstić information content (AvgIpc) is 3.05. The molecule has 1 fully saturated rings. The summed E-state index contributed by atoms with van der Waals surface area (Å²) in [5.74, 6) is 0.228. The van der Waals surface area contributed by atoms with Crippen LogP contribution < -0.4 is 9.63 Å². The van der Waals surface area contributed by atoms with Gasteiger partial charge in [-0.1, -0.05) is 0 Å². The van der Waals surface area contributed by atoms with E-state index in [9.17, 15) is 15.3 Å². The third-order valence-corrected chi connectivity index (χ3v) is 4.77. The number of H-pyrrole nitrogens is 1. The Labute approximate surface area is 143 Å². The summed E-state index contributed by atoms with van der Waals surface area (Å²) in [6.07, 6.45) is 8.07. The van der Waals surface area contributed by atoms with E-state index in [0.29, 0.717) is 23.5 Å². The van der Waals surface area contributed by atoms with Gasteiger partial charge in [0.25, 0.3) is 0 Å². The molecule has 1 N–H and O–H groups in total. The fourth-order valence-electron chi connectivity index (χ4n) is 3.62. The lowest BCUT2D eigenvalue weighted by Crippen LogP contribution is -2.37. The van der Waals surface area contributed by atoms with Crippen LogP contribution in [0.15, 0.2) is 43.0 Å². The number of fused-ring (bicyclic) bond motifs is 1. The lowest BCUT2D eigenvalue weighted by molar-refractivity contribution is -0.605. The van der Waals surface area contributed by atoms with Gasteiger partial charge < -0.3 is 15.1 Å². The molecular formula is C17H17N5O3. The maximum atomic E-state index is 11.6. The Kier molecular flexibility index (Phi) is 3.72. The second kappa shape index (κ2) is 6.04. The molecule has 4 rings (SSSR count). The largest absolute Gasteiger partial charge is 0.619 e. The van der Waals surface area contributed by atoms with Crippen molar-refractivity contribution in [2.45, 2.75) is 18.8 Å². The Morgan fingerprint density at radius 3 is 3.12 bits per heavy atom. The van der Waals surface area contributed by atoms with Gasteiger partial charge in [-0.3, -0.25) is 10.1 Å². The maximum Gasteiger partial charge on any atom is 0.304 e. The lowest BCUT2D eigenvalue weighted by Gasteiger charge is -2.33. The summed E-state index contributed by atoms with van der Waals surface area (Å²) in [5, 5.41) is 24.0. The molecule has 0 aromatic carbocycles. The van der Waals surface area contributed by atoms with Crippen LogP contribution in [0.25, 0.3) is 11.0 Å². The van der Waals surface area contributed by atoms with E-state index in [2.05, 4.69) is 9.97 Å². The molecule has 1 unspecified atom stereocenters. The minimum Gasteiger partial charge on any atom is -0.619 e. The van der Waals surface area contributed by atoms with Crippen LogP contribution in [-0.2, 0) is 0 Å². The number of pyridine rings is 2. The molecule has 1 saturated heterocycles. The number of nitrogens with zero attached hydrogens (tertiary/aromatic N) is 4. The molecule has 25 heavy (non-hydrogen) atoms. The topological polar surface area (TPSA) is 102 Å². The Bertz CT molecular complexity index is 939. The van der Waals surface area contributed by atoms with E-state index >= 15 is 0 Å². The van der Waals surface area contributed by atoms with Crippen LogP contribution in [0.3, 0.4) is 0 Å². The third-order valence-electron chi connectivity index (χ3n) is 4.77. The van der Waals surface area contributed by atoms with Crippen molar-refractivity contribution < 1.29 is 9.65 Å². The molecular weight excluding hydrogens is 322 g/mol. The molecule has 0 radical (unpaired) electrons. The standard InChI is InChI=1S/C17H17N5O3/c23-21-8-5-15(22(24)25)16(11-21)20-7-2-3-12(10-20)14-9-19-17-13(14)4-1-6-18-17/h1,4-6,8-9,11-12H,2-3,7,10H2,(H,18,19). The van der Waals surface area contributed by atoms with Gasteiger partial charge in [-0.15, -0.1) is 0 Å². The van der Waals surface area contributed by atoms with Crippen molar-refractivity contribution in [3.05, 3.63) is 63.9 Å². The molecule has 128 valence electrons. The van der Waals surface area contributed by atoms with E-state index in [0.717, 1.165) is 30.1 Å². The Morgan fingerprint density at radius 1 is 1.40 bits per heavy atom. The van der Waals surface area contributed by atoms with Crippen LogP contribution in [0, 0.1) is 15.3 Å². The number of anilines is 1. The van der Waals surface area contributed by atoms with Crippen LogP contribution in [-0.4, -0.2) is 28.0 Å². The SMILES string of the molecule is O=[N+]([O-])c1cc[n+]([O-])cc1N1CCCC(c2c[nH]c3ncccc23)C1. The predicted octanol–water partition coefficient (Wildman–Crippen LogP) is 2.49. The van der Waals surface area contributed by atoms with Gasteiger partial charge >= 0.3 is 5.69 Å². The zero-order chi connectivity index (χ0) is 17.4. The van der Waals surface area contributed by atoms with Gasteiger partial charge in [0.2, 0.25) is 6.20 Å². The molecule has 0 aliphatic carbocycles. The summed E-state index contributed by atoms with van der Waals surface area (Å²) >= 11 is 0. The number of nitro groups is 1. The maximum absolute atomic E-state index is 11.6. The Hall–Kier alpha value is -3.16. The first-order chi connectivity index (χ1) is 12.1. The Balaban J connectivity index is 1.68. The van der Waals surface area contributed by atoms with E-state index in [1.807, 2.05) is 23.2 Å². The second-order valence-electron chi connectivity index (χ2n) is 6.26. The van der Waals surface area contributed by atoms with E-state index in [-0.39, 0.29) is 11.6 Å². The van der Waals surface area contributed by atoms with Crippen molar-refractivity contribution in [2.24, 2.45) is 0 Å². The van der Waals surface area contributed by atoms with Crippen LogP contribution in [0.5, 0.6) is 0 Å². The summed E-state index contributed by atoms with van der Waals surface area (Å²) in [6, 6.07) is 5.20. The fourth-order valence-corrected chi connectivity index (χ4v) is 3.62. The van der Waals surface area contributed by atoms with Crippen LogP contribution >= 0.6 is 0 Å². The molecule has 1 atom stereocenters. The van der Waals surface area contributed by atoms with Gasteiger partial charge in [-0.05, 0) is 30.5 Å². The van der Waals surface area contributed by atoms with Crippen molar-refractivity contribution in [1.82, 2.24) is 9.97 Å². The molecule has 1 aliphatic heterocycles. The van der Waals surface area contributed by atoms with Crippen molar-refractivity contribution >= 4 is 22.4 Å². The Morgan fingerprint density at radius 2 is 2.28 bits per heavy atom.